The van der Waals surface area contributed by atoms with Gasteiger partial charge in [0.05, 0.1) is 5.54 Å². The molecule has 0 spiro atoms. The molecule has 0 aliphatic heterocycles. The number of rotatable bonds is 1. The van der Waals surface area contributed by atoms with Gasteiger partial charge >= 0.3 is 0 Å². The van der Waals surface area contributed by atoms with Gasteiger partial charge in [0, 0.05) is 0 Å². The third-order valence-electron chi connectivity index (χ3n) is 1.41. The monoisotopic (exact) mass is 99.1 g/mol. The summed E-state index contributed by atoms with van der Waals surface area (Å²) >= 11 is 0. The lowest BCUT2D eigenvalue weighted by molar-refractivity contribution is 0.360. The molecule has 2 radical (unpaired) electrons. The van der Waals surface area contributed by atoms with Gasteiger partial charge in [0.2, 0.25) is 0 Å². The molecular formula is C6H13N. The maximum Gasteiger partial charge on any atom is 0.0510 e. The van der Waals surface area contributed by atoms with E-state index in [0.29, 0.717) is 5.92 Å². The lowest BCUT2D eigenvalue weighted by Gasteiger charge is -2.19. The third kappa shape index (κ3) is 2.63. The minimum atomic E-state index is -0.500. The molecule has 0 saturated heterocycles. The first-order valence-electron chi connectivity index (χ1n) is 2.67. The van der Waals surface area contributed by atoms with Crippen LogP contribution in [0, 0.1) is 5.92 Å². The van der Waals surface area contributed by atoms with Crippen molar-refractivity contribution in [1.82, 2.24) is 5.73 Å². The van der Waals surface area contributed by atoms with Crippen LogP contribution in [0.2, 0.25) is 0 Å². The molecule has 0 fully saturated rings. The topological polar surface area (TPSA) is 22.3 Å². The van der Waals surface area contributed by atoms with Crippen molar-refractivity contribution in [3.8, 4) is 0 Å². The zero-order valence-corrected chi connectivity index (χ0v) is 5.52. The third-order valence-corrected chi connectivity index (χ3v) is 1.41. The summed E-state index contributed by atoms with van der Waals surface area (Å²) in [5, 5.41) is 0. The van der Waals surface area contributed by atoms with E-state index in [0.717, 1.165) is 0 Å². The minimum absolute atomic E-state index is 0.354. The normalized spacial score (nSPS) is 12.9. The van der Waals surface area contributed by atoms with E-state index in [1.807, 2.05) is 27.7 Å². The van der Waals surface area contributed by atoms with E-state index in [-0.39, 0.29) is 0 Å². The molecule has 0 heterocycles. The Hall–Kier alpha value is -0.0400. The van der Waals surface area contributed by atoms with Crippen molar-refractivity contribution >= 4 is 0 Å². The fraction of sp³-hybridized carbons (Fsp3) is 1.00. The van der Waals surface area contributed by atoms with Gasteiger partial charge in [0.15, 0.2) is 0 Å². The van der Waals surface area contributed by atoms with Crippen molar-refractivity contribution < 1.29 is 0 Å². The standard InChI is InChI=1S/C6H13N/c1-5(2)6(3,4)7/h5H,1-4H3. The number of hydrogen-bond acceptors (Lipinski definition) is 0. The van der Waals surface area contributed by atoms with E-state index in [9.17, 15) is 0 Å². The molecule has 0 rings (SSSR count). The van der Waals surface area contributed by atoms with Crippen LogP contribution in [0.4, 0.5) is 0 Å². The molecule has 0 saturated carbocycles. The van der Waals surface area contributed by atoms with Crippen LogP contribution in [-0.4, -0.2) is 5.54 Å². The van der Waals surface area contributed by atoms with E-state index in [2.05, 4.69) is 0 Å². The zero-order chi connectivity index (χ0) is 6.08. The Bertz CT molecular complexity index is 49.7. The second-order valence-corrected chi connectivity index (χ2v) is 2.81. The van der Waals surface area contributed by atoms with E-state index >= 15 is 0 Å². The van der Waals surface area contributed by atoms with Crippen molar-refractivity contribution in [2.75, 3.05) is 0 Å². The van der Waals surface area contributed by atoms with E-state index < -0.39 is 5.54 Å². The maximum atomic E-state index is 9.09. The van der Waals surface area contributed by atoms with Gasteiger partial charge in [-0.2, -0.15) is 0 Å². The largest absolute Gasteiger partial charge is 0.138 e. The highest BCUT2D eigenvalue weighted by molar-refractivity contribution is 4.73. The quantitative estimate of drug-likeness (QED) is 0.475. The van der Waals surface area contributed by atoms with Crippen molar-refractivity contribution in [2.45, 2.75) is 33.2 Å². The lowest BCUT2D eigenvalue weighted by Crippen LogP contribution is -2.28. The summed E-state index contributed by atoms with van der Waals surface area (Å²) in [5.74, 6) is 0.354. The molecule has 0 atom stereocenters. The highest BCUT2D eigenvalue weighted by Crippen LogP contribution is 2.11. The summed E-state index contributed by atoms with van der Waals surface area (Å²) in [6.07, 6.45) is 0. The number of hydrogen-bond donors (Lipinski definition) is 0. The molecule has 0 N–H and O–H groups in total. The first kappa shape index (κ1) is 6.96. The van der Waals surface area contributed by atoms with Crippen molar-refractivity contribution in [3.63, 3.8) is 0 Å². The molecule has 0 amide bonds. The fourth-order valence-electron chi connectivity index (χ4n) is 0. The summed E-state index contributed by atoms with van der Waals surface area (Å²) in [6, 6.07) is 0. The molecule has 0 unspecified atom stereocenters. The lowest BCUT2D eigenvalue weighted by atomic mass is 9.92. The summed E-state index contributed by atoms with van der Waals surface area (Å²) in [5.41, 5.74) is 8.59. The van der Waals surface area contributed by atoms with Crippen LogP contribution in [-0.2, 0) is 0 Å². The maximum absolute atomic E-state index is 9.09. The molecule has 0 bridgehead atoms. The highest BCUT2D eigenvalue weighted by Gasteiger charge is 2.17. The molecule has 0 aliphatic carbocycles. The summed E-state index contributed by atoms with van der Waals surface area (Å²) in [6.45, 7) is 7.63. The summed E-state index contributed by atoms with van der Waals surface area (Å²) in [7, 11) is 0. The van der Waals surface area contributed by atoms with E-state index in [1.54, 1.807) is 0 Å². The molecule has 0 aromatic heterocycles. The van der Waals surface area contributed by atoms with Crippen LogP contribution < -0.4 is 5.73 Å². The first-order chi connectivity index (χ1) is 2.94. The Morgan fingerprint density at radius 3 is 1.43 bits per heavy atom. The molecule has 1 nitrogen and oxygen atoms in total. The molecule has 42 valence electrons. The average molecular weight is 99.2 g/mol. The second-order valence-electron chi connectivity index (χ2n) is 2.81. The van der Waals surface area contributed by atoms with Crippen LogP contribution in [0.1, 0.15) is 27.7 Å². The molecule has 0 aromatic carbocycles. The van der Waals surface area contributed by atoms with Gasteiger partial charge in [-0.3, -0.25) is 0 Å². The van der Waals surface area contributed by atoms with Crippen LogP contribution >= 0.6 is 0 Å². The molecule has 0 aliphatic rings. The van der Waals surface area contributed by atoms with Crippen molar-refractivity contribution in [1.29, 1.82) is 0 Å². The fourth-order valence-corrected chi connectivity index (χ4v) is 0. The van der Waals surface area contributed by atoms with Gasteiger partial charge in [-0.15, -0.1) is 5.73 Å². The van der Waals surface area contributed by atoms with Gasteiger partial charge in [0.1, 0.15) is 0 Å². The SMILES string of the molecule is CC(C)C(C)(C)[N]. The van der Waals surface area contributed by atoms with Gasteiger partial charge in [-0.25, -0.2) is 0 Å². The van der Waals surface area contributed by atoms with Crippen LogP contribution in [0.3, 0.4) is 0 Å². The Morgan fingerprint density at radius 2 is 1.43 bits per heavy atom. The average Bonchev–Trinajstić information content (AvgIpc) is 1.31. The smallest absolute Gasteiger partial charge is 0.0510 e. The Balaban J connectivity index is 3.54. The van der Waals surface area contributed by atoms with Gasteiger partial charge in [0.25, 0.3) is 0 Å². The Morgan fingerprint density at radius 1 is 1.29 bits per heavy atom. The van der Waals surface area contributed by atoms with Gasteiger partial charge < -0.3 is 0 Å². The second kappa shape index (κ2) is 1.83. The summed E-state index contributed by atoms with van der Waals surface area (Å²) in [4.78, 5) is 0. The van der Waals surface area contributed by atoms with E-state index in [4.69, 9.17) is 5.73 Å². The van der Waals surface area contributed by atoms with Gasteiger partial charge in [-0.1, -0.05) is 13.8 Å². The molecule has 0 aromatic rings. The highest BCUT2D eigenvalue weighted by atomic mass is 14.7. The van der Waals surface area contributed by atoms with Crippen LogP contribution in [0.25, 0.3) is 0 Å². The Labute approximate surface area is 45.9 Å². The Kier molecular flexibility index (Phi) is 1.82. The molecule has 7 heavy (non-hydrogen) atoms. The molecular weight excluding hydrogens is 86.1 g/mol. The number of nitrogens with zero attached hydrogens (tertiary/aromatic N) is 1. The van der Waals surface area contributed by atoms with Crippen LogP contribution in [0.15, 0.2) is 0 Å². The van der Waals surface area contributed by atoms with Crippen molar-refractivity contribution in [2.24, 2.45) is 5.92 Å². The van der Waals surface area contributed by atoms with E-state index in [1.165, 1.54) is 0 Å². The zero-order valence-electron chi connectivity index (χ0n) is 5.52. The predicted molar refractivity (Wildman–Crippen MR) is 31.1 cm³/mol. The first-order valence-corrected chi connectivity index (χ1v) is 2.67. The molecule has 1 heteroatoms. The van der Waals surface area contributed by atoms with Gasteiger partial charge in [-0.05, 0) is 19.8 Å². The summed E-state index contributed by atoms with van der Waals surface area (Å²) < 4.78 is 0. The van der Waals surface area contributed by atoms with Crippen LogP contribution in [0.5, 0.6) is 0 Å². The van der Waals surface area contributed by atoms with Crippen molar-refractivity contribution in [3.05, 3.63) is 0 Å². The minimum Gasteiger partial charge on any atom is -0.138 e. The predicted octanol–water partition coefficient (Wildman–Crippen LogP) is 1.49.